The van der Waals surface area contributed by atoms with E-state index < -0.39 is 20.2 Å². The molecule has 1 heterocycles. The Bertz CT molecular complexity index is 598. The van der Waals surface area contributed by atoms with Crippen LogP contribution >= 0.6 is 0 Å². The molecule has 1 rings (SSSR count). The minimum Gasteiger partial charge on any atom is -0.378 e. The molecule has 0 aliphatic rings. The Balaban J connectivity index is 3.26. The molecule has 108 valence electrons. The predicted molar refractivity (Wildman–Crippen MR) is 71.7 cm³/mol. The van der Waals surface area contributed by atoms with E-state index in [0.717, 1.165) is 6.26 Å². The molecule has 0 atom stereocenters. The molecular weight excluding hydrogens is 272 g/mol. The van der Waals surface area contributed by atoms with E-state index in [-0.39, 0.29) is 29.5 Å². The maximum Gasteiger partial charge on any atom is 0.334 e. The van der Waals surface area contributed by atoms with Crippen molar-refractivity contribution in [3.63, 3.8) is 0 Å². The van der Waals surface area contributed by atoms with Crippen LogP contribution in [-0.4, -0.2) is 35.1 Å². The van der Waals surface area contributed by atoms with Gasteiger partial charge in [-0.2, -0.15) is 5.10 Å². The molecule has 0 aliphatic heterocycles. The van der Waals surface area contributed by atoms with Crippen molar-refractivity contribution in [3.05, 3.63) is 15.8 Å². The van der Waals surface area contributed by atoms with Crippen molar-refractivity contribution in [1.82, 2.24) is 9.78 Å². The molecule has 0 amide bonds. The smallest absolute Gasteiger partial charge is 0.334 e. The molecule has 0 radical (unpaired) electrons. The Morgan fingerprint density at radius 1 is 1.42 bits per heavy atom. The lowest BCUT2D eigenvalue weighted by atomic mass is 9.91. The molecule has 9 heteroatoms. The third-order valence-electron chi connectivity index (χ3n) is 2.53. The van der Waals surface area contributed by atoms with Crippen molar-refractivity contribution in [1.29, 1.82) is 0 Å². The van der Waals surface area contributed by atoms with Gasteiger partial charge in [-0.1, -0.05) is 20.8 Å². The number of aromatic nitrogens is 2. The molecule has 0 unspecified atom stereocenters. The van der Waals surface area contributed by atoms with E-state index >= 15 is 0 Å². The fraction of sp³-hybridized carbons (Fsp3) is 0.700. The molecule has 2 N–H and O–H groups in total. The highest BCUT2D eigenvalue weighted by Crippen LogP contribution is 2.34. The lowest BCUT2D eigenvalue weighted by Gasteiger charge is -2.13. The van der Waals surface area contributed by atoms with Gasteiger partial charge in [0.05, 0.1) is 17.2 Å². The van der Waals surface area contributed by atoms with Crippen molar-refractivity contribution in [3.8, 4) is 0 Å². The number of nitrogens with zero attached hydrogens (tertiary/aromatic N) is 3. The Labute approximate surface area is 111 Å². The Hall–Kier alpha value is -1.64. The van der Waals surface area contributed by atoms with Gasteiger partial charge in [-0.25, -0.2) is 13.1 Å². The summed E-state index contributed by atoms with van der Waals surface area (Å²) in [6, 6.07) is 0. The van der Waals surface area contributed by atoms with Crippen LogP contribution in [0.25, 0.3) is 0 Å². The third kappa shape index (κ3) is 3.66. The second kappa shape index (κ2) is 4.80. The molecule has 0 aliphatic carbocycles. The molecule has 0 bridgehead atoms. The van der Waals surface area contributed by atoms with Crippen LogP contribution in [0.5, 0.6) is 0 Å². The number of hydrogen-bond donors (Lipinski definition) is 1. The topological polar surface area (TPSA) is 121 Å². The minimum atomic E-state index is -3.18. The van der Waals surface area contributed by atoms with Crippen LogP contribution in [0.15, 0.2) is 0 Å². The number of sulfone groups is 1. The average Bonchev–Trinajstić information content (AvgIpc) is 2.51. The molecule has 0 spiro atoms. The van der Waals surface area contributed by atoms with Crippen molar-refractivity contribution in [2.24, 2.45) is 0 Å². The first-order valence-corrected chi connectivity index (χ1v) is 7.68. The summed E-state index contributed by atoms with van der Waals surface area (Å²) in [4.78, 5) is 10.5. The minimum absolute atomic E-state index is 0.00157. The lowest BCUT2D eigenvalue weighted by Crippen LogP contribution is -2.16. The first-order valence-electron chi connectivity index (χ1n) is 5.62. The number of hydrogen-bond acceptors (Lipinski definition) is 6. The molecule has 0 saturated heterocycles. The Morgan fingerprint density at radius 2 is 1.95 bits per heavy atom. The standard InChI is InChI=1S/C10H18N4O4S/c1-10(2,3)8-7(14(15)16)9(11)13(12-8)5-6-19(4,17)18/h5-6,11H2,1-4H3. The van der Waals surface area contributed by atoms with Crippen molar-refractivity contribution >= 4 is 21.3 Å². The number of aryl methyl sites for hydroxylation is 1. The summed E-state index contributed by atoms with van der Waals surface area (Å²) in [6.45, 7) is 5.34. The van der Waals surface area contributed by atoms with Crippen LogP contribution in [0.2, 0.25) is 0 Å². The third-order valence-corrected chi connectivity index (χ3v) is 3.46. The first-order chi connectivity index (χ1) is 8.43. The number of rotatable bonds is 4. The molecule has 1 aromatic heterocycles. The molecular formula is C10H18N4O4S. The highest BCUT2D eigenvalue weighted by molar-refractivity contribution is 7.90. The zero-order valence-corrected chi connectivity index (χ0v) is 12.2. The zero-order valence-electron chi connectivity index (χ0n) is 11.4. The Kier molecular flexibility index (Phi) is 3.89. The molecule has 1 aromatic rings. The largest absolute Gasteiger partial charge is 0.378 e. The normalized spacial score (nSPS) is 12.6. The second-order valence-electron chi connectivity index (χ2n) is 5.44. The molecule has 0 fully saturated rings. The summed E-state index contributed by atoms with van der Waals surface area (Å²) in [7, 11) is -3.18. The Morgan fingerprint density at radius 3 is 2.26 bits per heavy atom. The van der Waals surface area contributed by atoms with Gasteiger partial charge in [-0.05, 0) is 0 Å². The van der Waals surface area contributed by atoms with Gasteiger partial charge in [0.25, 0.3) is 0 Å². The SMILES string of the molecule is CC(C)(C)c1nn(CCS(C)(=O)=O)c(N)c1[N+](=O)[O-]. The first kappa shape index (κ1) is 15.4. The summed E-state index contributed by atoms with van der Waals surface area (Å²) in [5.41, 5.74) is 5.15. The van der Waals surface area contributed by atoms with Gasteiger partial charge in [0.1, 0.15) is 15.5 Å². The summed E-state index contributed by atoms with van der Waals surface area (Å²) in [5.74, 6) is -0.279. The van der Waals surface area contributed by atoms with E-state index in [1.165, 1.54) is 4.68 Å². The van der Waals surface area contributed by atoms with Gasteiger partial charge in [-0.3, -0.25) is 10.1 Å². The zero-order chi connectivity index (χ0) is 15.0. The number of nitro groups is 1. The number of nitrogens with two attached hydrogens (primary N) is 1. The van der Waals surface area contributed by atoms with E-state index in [1.807, 2.05) is 0 Å². The van der Waals surface area contributed by atoms with Gasteiger partial charge in [0.2, 0.25) is 5.82 Å². The summed E-state index contributed by atoms with van der Waals surface area (Å²) in [6.07, 6.45) is 1.09. The highest BCUT2D eigenvalue weighted by atomic mass is 32.2. The van der Waals surface area contributed by atoms with E-state index in [2.05, 4.69) is 5.10 Å². The predicted octanol–water partition coefficient (Wildman–Crippen LogP) is 0.716. The maximum atomic E-state index is 11.1. The van der Waals surface area contributed by atoms with Crippen LogP contribution in [0.3, 0.4) is 0 Å². The fourth-order valence-electron chi connectivity index (χ4n) is 1.57. The lowest BCUT2D eigenvalue weighted by molar-refractivity contribution is -0.385. The van der Waals surface area contributed by atoms with Crippen molar-refractivity contribution in [2.75, 3.05) is 17.7 Å². The van der Waals surface area contributed by atoms with Crippen LogP contribution in [-0.2, 0) is 21.8 Å². The van der Waals surface area contributed by atoms with Crippen LogP contribution < -0.4 is 5.73 Å². The summed E-state index contributed by atoms with van der Waals surface area (Å²) >= 11 is 0. The molecule has 0 aromatic carbocycles. The fourth-order valence-corrected chi connectivity index (χ4v) is 2.08. The summed E-state index contributed by atoms with van der Waals surface area (Å²) in [5, 5.41) is 15.1. The highest BCUT2D eigenvalue weighted by Gasteiger charge is 2.33. The quantitative estimate of drug-likeness (QED) is 0.644. The second-order valence-corrected chi connectivity index (χ2v) is 7.70. The molecule has 8 nitrogen and oxygen atoms in total. The van der Waals surface area contributed by atoms with Crippen molar-refractivity contribution in [2.45, 2.75) is 32.7 Å². The van der Waals surface area contributed by atoms with E-state index in [9.17, 15) is 18.5 Å². The van der Waals surface area contributed by atoms with Crippen molar-refractivity contribution < 1.29 is 13.3 Å². The van der Waals surface area contributed by atoms with Crippen LogP contribution in [0, 0.1) is 10.1 Å². The maximum absolute atomic E-state index is 11.1. The number of nitrogen functional groups attached to an aromatic ring is 1. The van der Waals surface area contributed by atoms with Gasteiger partial charge in [0, 0.05) is 11.7 Å². The van der Waals surface area contributed by atoms with Gasteiger partial charge >= 0.3 is 5.69 Å². The molecule has 0 saturated carbocycles. The van der Waals surface area contributed by atoms with E-state index in [1.54, 1.807) is 20.8 Å². The number of anilines is 1. The van der Waals surface area contributed by atoms with Gasteiger partial charge in [0.15, 0.2) is 0 Å². The van der Waals surface area contributed by atoms with Crippen LogP contribution in [0.1, 0.15) is 26.5 Å². The summed E-state index contributed by atoms with van der Waals surface area (Å²) < 4.78 is 23.4. The average molecular weight is 290 g/mol. The monoisotopic (exact) mass is 290 g/mol. The van der Waals surface area contributed by atoms with Gasteiger partial charge in [-0.15, -0.1) is 0 Å². The van der Waals surface area contributed by atoms with E-state index in [0.29, 0.717) is 0 Å². The van der Waals surface area contributed by atoms with Crippen LogP contribution in [0.4, 0.5) is 11.5 Å². The van der Waals surface area contributed by atoms with E-state index in [4.69, 9.17) is 5.73 Å². The molecule has 19 heavy (non-hydrogen) atoms. The van der Waals surface area contributed by atoms with Gasteiger partial charge < -0.3 is 5.73 Å².